The molecule has 0 heterocycles. The van der Waals surface area contributed by atoms with Crippen molar-refractivity contribution in [3.8, 4) is 0 Å². The third kappa shape index (κ3) is 4.04. The van der Waals surface area contributed by atoms with Gasteiger partial charge in [0, 0.05) is 24.2 Å². The molecule has 0 amide bonds. The fourth-order valence-electron chi connectivity index (χ4n) is 3.71. The van der Waals surface area contributed by atoms with Crippen molar-refractivity contribution in [2.45, 2.75) is 13.8 Å². The second kappa shape index (κ2) is 8.70. The maximum Gasteiger partial charge on any atom is 0.0708 e. The number of hydrazine groups is 1. The number of para-hydroxylation sites is 1. The van der Waals surface area contributed by atoms with Crippen molar-refractivity contribution < 1.29 is 0 Å². The van der Waals surface area contributed by atoms with Gasteiger partial charge in [0.1, 0.15) is 0 Å². The van der Waals surface area contributed by atoms with E-state index in [-0.39, 0.29) is 0 Å². The van der Waals surface area contributed by atoms with Crippen LogP contribution in [0, 0.1) is 0 Å². The predicted molar refractivity (Wildman–Crippen MR) is 126 cm³/mol. The Balaban J connectivity index is 1.78. The van der Waals surface area contributed by atoms with E-state index >= 15 is 0 Å². The molecule has 0 bridgehead atoms. The summed E-state index contributed by atoms with van der Waals surface area (Å²) in [5.41, 5.74) is 8.12. The minimum absolute atomic E-state index is 1.01. The molecule has 3 heteroatoms. The van der Waals surface area contributed by atoms with Gasteiger partial charge >= 0.3 is 0 Å². The van der Waals surface area contributed by atoms with Crippen LogP contribution in [0.3, 0.4) is 0 Å². The smallest absolute Gasteiger partial charge is 0.0708 e. The first-order chi connectivity index (χ1) is 14.3. The zero-order valence-corrected chi connectivity index (χ0v) is 17.0. The van der Waals surface area contributed by atoms with Gasteiger partial charge in [0.2, 0.25) is 0 Å². The minimum atomic E-state index is 1.01. The molecule has 0 radical (unpaired) electrons. The zero-order valence-electron chi connectivity index (χ0n) is 17.0. The molecule has 146 valence electrons. The fraction of sp³-hybridized carbons (Fsp3) is 0.154. The Morgan fingerprint density at radius 1 is 0.621 bits per heavy atom. The largest absolute Gasteiger partial charge is 0.372 e. The third-order valence-electron chi connectivity index (χ3n) is 5.26. The molecular weight excluding hydrogens is 354 g/mol. The van der Waals surface area contributed by atoms with Crippen LogP contribution in [0.5, 0.6) is 0 Å². The van der Waals surface area contributed by atoms with Crippen molar-refractivity contribution in [1.82, 2.24) is 0 Å². The van der Waals surface area contributed by atoms with Gasteiger partial charge in [0.05, 0.1) is 17.1 Å². The average Bonchev–Trinajstić information content (AvgIpc) is 2.79. The summed E-state index contributed by atoms with van der Waals surface area (Å²) in [6.45, 7) is 6.39. The van der Waals surface area contributed by atoms with Crippen molar-refractivity contribution in [3.63, 3.8) is 0 Å². The minimum Gasteiger partial charge on any atom is -0.372 e. The lowest BCUT2D eigenvalue weighted by molar-refractivity contribution is 0.866. The van der Waals surface area contributed by atoms with Gasteiger partial charge in [-0.3, -0.25) is 10.4 Å². The monoisotopic (exact) mass is 381 g/mol. The number of fused-ring (bicyclic) bond motifs is 1. The van der Waals surface area contributed by atoms with Crippen LogP contribution in [0.15, 0.2) is 97.1 Å². The lowest BCUT2D eigenvalue weighted by atomic mass is 10.1. The quantitative estimate of drug-likeness (QED) is 0.353. The normalized spacial score (nSPS) is 10.7. The summed E-state index contributed by atoms with van der Waals surface area (Å²) in [4.78, 5) is 2.36. The second-order valence-corrected chi connectivity index (χ2v) is 7.00. The predicted octanol–water partition coefficient (Wildman–Crippen LogP) is 6.85. The number of hydrogen-bond acceptors (Lipinski definition) is 3. The Bertz CT molecular complexity index is 1050. The molecule has 0 aliphatic heterocycles. The molecule has 3 nitrogen and oxygen atoms in total. The first-order valence-corrected chi connectivity index (χ1v) is 10.2. The summed E-state index contributed by atoms with van der Waals surface area (Å²) in [7, 11) is 0. The molecule has 0 unspecified atom stereocenters. The molecule has 0 atom stereocenters. The molecular formula is C26H27N3. The average molecular weight is 382 g/mol. The molecule has 0 spiro atoms. The van der Waals surface area contributed by atoms with E-state index in [1.165, 1.54) is 16.5 Å². The van der Waals surface area contributed by atoms with Crippen molar-refractivity contribution in [2.75, 3.05) is 28.4 Å². The van der Waals surface area contributed by atoms with Crippen LogP contribution in [-0.4, -0.2) is 13.1 Å². The number of rotatable bonds is 7. The number of hydrogen-bond donors (Lipinski definition) is 1. The number of nitrogens with one attached hydrogen (secondary N) is 1. The van der Waals surface area contributed by atoms with E-state index in [4.69, 9.17) is 0 Å². The van der Waals surface area contributed by atoms with E-state index in [2.05, 4.69) is 108 Å². The molecule has 4 aromatic rings. The van der Waals surface area contributed by atoms with Gasteiger partial charge in [-0.15, -0.1) is 0 Å². The Labute approximate surface area is 173 Å². The Morgan fingerprint density at radius 2 is 1.24 bits per heavy atom. The maximum absolute atomic E-state index is 3.60. The molecule has 0 aromatic heterocycles. The maximum atomic E-state index is 3.60. The van der Waals surface area contributed by atoms with Gasteiger partial charge in [0.25, 0.3) is 0 Å². The van der Waals surface area contributed by atoms with E-state index in [0.717, 1.165) is 30.2 Å². The molecule has 4 rings (SSSR count). The molecule has 0 aliphatic carbocycles. The van der Waals surface area contributed by atoms with E-state index < -0.39 is 0 Å². The summed E-state index contributed by atoms with van der Waals surface area (Å²) in [6.07, 6.45) is 0. The highest BCUT2D eigenvalue weighted by Crippen LogP contribution is 2.33. The summed E-state index contributed by atoms with van der Waals surface area (Å²) in [5.74, 6) is 0. The van der Waals surface area contributed by atoms with Crippen LogP contribution in [0.2, 0.25) is 0 Å². The van der Waals surface area contributed by atoms with Crippen LogP contribution in [0.4, 0.5) is 22.7 Å². The number of benzene rings is 4. The van der Waals surface area contributed by atoms with Crippen LogP contribution < -0.4 is 15.3 Å². The lowest BCUT2D eigenvalue weighted by Crippen LogP contribution is -2.25. The highest BCUT2D eigenvalue weighted by atomic mass is 15.5. The molecule has 0 saturated heterocycles. The van der Waals surface area contributed by atoms with Crippen molar-refractivity contribution in [1.29, 1.82) is 0 Å². The fourth-order valence-corrected chi connectivity index (χ4v) is 3.71. The number of nitrogens with zero attached hydrogens (tertiary/aromatic N) is 2. The van der Waals surface area contributed by atoms with Crippen molar-refractivity contribution >= 4 is 33.5 Å². The van der Waals surface area contributed by atoms with E-state index in [9.17, 15) is 0 Å². The zero-order chi connectivity index (χ0) is 20.1. The van der Waals surface area contributed by atoms with Crippen LogP contribution >= 0.6 is 0 Å². The Morgan fingerprint density at radius 3 is 1.97 bits per heavy atom. The Kier molecular flexibility index (Phi) is 5.66. The SMILES string of the molecule is CCN(CC)c1ccc(N(Nc2ccccc2)c2cccc3ccccc23)cc1. The molecule has 0 fully saturated rings. The standard InChI is InChI=1S/C26H27N3/c1-3-28(4-2)23-17-19-24(20-18-23)29(27-22-13-6-5-7-14-22)26-16-10-12-21-11-8-9-15-25(21)26/h5-20,27H,3-4H2,1-2H3. The summed E-state index contributed by atoms with van der Waals surface area (Å²) < 4.78 is 0. The van der Waals surface area contributed by atoms with Gasteiger partial charge in [-0.25, -0.2) is 0 Å². The van der Waals surface area contributed by atoms with E-state index in [1.807, 2.05) is 18.2 Å². The molecule has 0 saturated carbocycles. The first kappa shape index (κ1) is 18.9. The van der Waals surface area contributed by atoms with Gasteiger partial charge < -0.3 is 4.90 Å². The third-order valence-corrected chi connectivity index (χ3v) is 5.26. The van der Waals surface area contributed by atoms with Gasteiger partial charge in [-0.1, -0.05) is 54.6 Å². The van der Waals surface area contributed by atoms with Gasteiger partial charge in [-0.2, -0.15) is 0 Å². The van der Waals surface area contributed by atoms with Gasteiger partial charge in [0.15, 0.2) is 0 Å². The summed E-state index contributed by atoms with van der Waals surface area (Å²) >= 11 is 0. The number of anilines is 4. The molecule has 29 heavy (non-hydrogen) atoms. The van der Waals surface area contributed by atoms with Crippen molar-refractivity contribution in [3.05, 3.63) is 97.1 Å². The highest BCUT2D eigenvalue weighted by Gasteiger charge is 2.13. The van der Waals surface area contributed by atoms with E-state index in [1.54, 1.807) is 0 Å². The molecule has 0 aliphatic rings. The summed E-state index contributed by atoms with van der Waals surface area (Å²) in [6, 6.07) is 34.0. The first-order valence-electron chi connectivity index (χ1n) is 10.2. The van der Waals surface area contributed by atoms with Crippen molar-refractivity contribution in [2.24, 2.45) is 0 Å². The van der Waals surface area contributed by atoms with Crippen LogP contribution in [0.1, 0.15) is 13.8 Å². The Hall–Kier alpha value is -3.46. The molecule has 4 aromatic carbocycles. The highest BCUT2D eigenvalue weighted by molar-refractivity contribution is 5.96. The van der Waals surface area contributed by atoms with Crippen LogP contribution in [0.25, 0.3) is 10.8 Å². The second-order valence-electron chi connectivity index (χ2n) is 7.00. The van der Waals surface area contributed by atoms with E-state index in [0.29, 0.717) is 0 Å². The van der Waals surface area contributed by atoms with Gasteiger partial charge in [-0.05, 0) is 61.7 Å². The topological polar surface area (TPSA) is 18.5 Å². The van der Waals surface area contributed by atoms with Crippen LogP contribution in [-0.2, 0) is 0 Å². The summed E-state index contributed by atoms with van der Waals surface area (Å²) in [5, 5.41) is 4.61. The molecule has 1 N–H and O–H groups in total. The lowest BCUT2D eigenvalue weighted by Gasteiger charge is -2.29.